The molecule has 20 heavy (non-hydrogen) atoms. The van der Waals surface area contributed by atoms with Crippen LogP contribution in [0.25, 0.3) is 0 Å². The third kappa shape index (κ3) is 4.51. The molecule has 2 rings (SSSR count). The zero-order chi connectivity index (χ0) is 14.4. The van der Waals surface area contributed by atoms with E-state index in [1.807, 2.05) is 0 Å². The van der Waals surface area contributed by atoms with Gasteiger partial charge in [-0.1, -0.05) is 0 Å². The van der Waals surface area contributed by atoms with E-state index >= 15 is 0 Å². The Balaban J connectivity index is 1.84. The van der Waals surface area contributed by atoms with Crippen LogP contribution >= 0.6 is 11.6 Å². The summed E-state index contributed by atoms with van der Waals surface area (Å²) in [5, 5.41) is 12.2. The van der Waals surface area contributed by atoms with Crippen molar-refractivity contribution in [2.45, 2.75) is 25.0 Å². The Labute approximate surface area is 122 Å². The maximum atomic E-state index is 13.8. The molecule has 0 amide bonds. The van der Waals surface area contributed by atoms with Gasteiger partial charge in [0, 0.05) is 24.9 Å². The fourth-order valence-corrected chi connectivity index (χ4v) is 2.09. The van der Waals surface area contributed by atoms with Gasteiger partial charge in [-0.05, 0) is 25.0 Å². The molecule has 2 unspecified atom stereocenters. The molecular formula is C14H19ClFNO3. The Morgan fingerprint density at radius 1 is 1.55 bits per heavy atom. The highest BCUT2D eigenvalue weighted by molar-refractivity contribution is 6.18. The highest BCUT2D eigenvalue weighted by Crippen LogP contribution is 2.22. The molecule has 1 heterocycles. The molecule has 0 aromatic heterocycles. The van der Waals surface area contributed by atoms with E-state index in [1.54, 1.807) is 12.1 Å². The maximum absolute atomic E-state index is 13.8. The Morgan fingerprint density at radius 2 is 2.40 bits per heavy atom. The van der Waals surface area contributed by atoms with Gasteiger partial charge in [-0.25, -0.2) is 4.39 Å². The molecule has 2 atom stereocenters. The number of alkyl halides is 1. The number of aliphatic hydroxyl groups is 1. The van der Waals surface area contributed by atoms with Crippen LogP contribution < -0.4 is 10.1 Å². The second kappa shape index (κ2) is 7.67. The molecule has 1 aliphatic rings. The molecule has 0 radical (unpaired) electrons. The van der Waals surface area contributed by atoms with Crippen molar-refractivity contribution in [3.8, 4) is 5.75 Å². The quantitative estimate of drug-likeness (QED) is 0.760. The molecule has 6 heteroatoms. The smallest absolute Gasteiger partial charge is 0.167 e. The van der Waals surface area contributed by atoms with E-state index in [9.17, 15) is 9.50 Å². The molecule has 0 saturated carbocycles. The van der Waals surface area contributed by atoms with Crippen LogP contribution in [0, 0.1) is 5.82 Å². The van der Waals surface area contributed by atoms with E-state index in [0.29, 0.717) is 12.3 Å². The van der Waals surface area contributed by atoms with Crippen molar-refractivity contribution in [1.29, 1.82) is 0 Å². The Bertz CT molecular complexity index is 427. The first-order valence-corrected chi connectivity index (χ1v) is 7.24. The molecule has 1 saturated heterocycles. The summed E-state index contributed by atoms with van der Waals surface area (Å²) in [4.78, 5) is 0. The number of rotatable bonds is 7. The summed E-state index contributed by atoms with van der Waals surface area (Å²) in [6.45, 7) is 1.40. The Kier molecular flexibility index (Phi) is 5.88. The van der Waals surface area contributed by atoms with Crippen LogP contribution in [-0.2, 0) is 4.74 Å². The molecule has 0 spiro atoms. The summed E-state index contributed by atoms with van der Waals surface area (Å²) in [6.07, 6.45) is 1.39. The van der Waals surface area contributed by atoms with Crippen LogP contribution in [0.15, 0.2) is 18.2 Å². The molecular weight excluding hydrogens is 285 g/mol. The van der Waals surface area contributed by atoms with Gasteiger partial charge in [0.15, 0.2) is 11.6 Å². The van der Waals surface area contributed by atoms with E-state index in [1.165, 1.54) is 6.07 Å². The standard InChI is InChI=1S/C14H19ClFNO3/c15-7-11(18)8-17-10-3-4-14(13(16)6-10)20-9-12-2-1-5-19-12/h3-4,6,11-12,17-18H,1-2,5,7-9H2. The Hall–Kier alpha value is -1.04. The first-order valence-electron chi connectivity index (χ1n) is 6.71. The molecule has 0 bridgehead atoms. The molecule has 2 N–H and O–H groups in total. The fraction of sp³-hybridized carbons (Fsp3) is 0.571. The summed E-state index contributed by atoms with van der Waals surface area (Å²) in [6, 6.07) is 4.61. The third-order valence-corrected chi connectivity index (χ3v) is 3.46. The molecule has 1 aromatic carbocycles. The molecule has 4 nitrogen and oxygen atoms in total. The van der Waals surface area contributed by atoms with Crippen LogP contribution in [-0.4, -0.2) is 43.0 Å². The zero-order valence-electron chi connectivity index (χ0n) is 11.1. The monoisotopic (exact) mass is 303 g/mol. The lowest BCUT2D eigenvalue weighted by Gasteiger charge is -2.14. The number of aliphatic hydroxyl groups excluding tert-OH is 1. The van der Waals surface area contributed by atoms with Gasteiger partial charge in [-0.15, -0.1) is 11.6 Å². The van der Waals surface area contributed by atoms with E-state index in [0.717, 1.165) is 19.4 Å². The van der Waals surface area contributed by atoms with Crippen molar-refractivity contribution in [3.63, 3.8) is 0 Å². The van der Waals surface area contributed by atoms with Crippen molar-refractivity contribution in [1.82, 2.24) is 0 Å². The lowest BCUT2D eigenvalue weighted by molar-refractivity contribution is 0.0666. The van der Waals surface area contributed by atoms with Crippen LogP contribution in [0.5, 0.6) is 5.75 Å². The van der Waals surface area contributed by atoms with Gasteiger partial charge in [0.1, 0.15) is 6.61 Å². The van der Waals surface area contributed by atoms with Crippen molar-refractivity contribution in [3.05, 3.63) is 24.0 Å². The minimum absolute atomic E-state index is 0.0612. The molecule has 1 aromatic rings. The van der Waals surface area contributed by atoms with Gasteiger partial charge in [-0.3, -0.25) is 0 Å². The topological polar surface area (TPSA) is 50.7 Å². The van der Waals surface area contributed by atoms with Gasteiger partial charge in [0.05, 0.1) is 18.1 Å². The molecule has 1 aliphatic heterocycles. The lowest BCUT2D eigenvalue weighted by atomic mass is 10.2. The van der Waals surface area contributed by atoms with E-state index in [2.05, 4.69) is 5.32 Å². The summed E-state index contributed by atoms with van der Waals surface area (Å²) in [5.41, 5.74) is 0.580. The first kappa shape index (κ1) is 15.4. The van der Waals surface area contributed by atoms with Crippen LogP contribution in [0.1, 0.15) is 12.8 Å². The van der Waals surface area contributed by atoms with E-state index in [4.69, 9.17) is 21.1 Å². The highest BCUT2D eigenvalue weighted by atomic mass is 35.5. The predicted molar refractivity (Wildman–Crippen MR) is 76.1 cm³/mol. The zero-order valence-corrected chi connectivity index (χ0v) is 11.9. The Morgan fingerprint density at radius 3 is 3.05 bits per heavy atom. The van der Waals surface area contributed by atoms with Crippen LogP contribution in [0.3, 0.4) is 0 Å². The molecule has 0 aliphatic carbocycles. The predicted octanol–water partition coefficient (Wildman–Crippen LogP) is 2.40. The first-order chi connectivity index (χ1) is 9.69. The summed E-state index contributed by atoms with van der Waals surface area (Å²) in [5.74, 6) is -0.0878. The highest BCUT2D eigenvalue weighted by Gasteiger charge is 2.17. The lowest BCUT2D eigenvalue weighted by Crippen LogP contribution is -2.20. The SMILES string of the molecule is OC(CCl)CNc1ccc(OCC2CCCO2)c(F)c1. The molecule has 1 fully saturated rings. The minimum Gasteiger partial charge on any atom is -0.488 e. The van der Waals surface area contributed by atoms with Crippen molar-refractivity contribution in [2.24, 2.45) is 0 Å². The second-order valence-corrected chi connectivity index (χ2v) is 5.09. The summed E-state index contributed by atoms with van der Waals surface area (Å²) < 4.78 is 24.7. The third-order valence-electron chi connectivity index (χ3n) is 3.10. The van der Waals surface area contributed by atoms with Crippen LogP contribution in [0.4, 0.5) is 10.1 Å². The number of hydrogen-bond donors (Lipinski definition) is 2. The van der Waals surface area contributed by atoms with E-state index < -0.39 is 11.9 Å². The number of hydrogen-bond acceptors (Lipinski definition) is 4. The van der Waals surface area contributed by atoms with Gasteiger partial charge < -0.3 is 19.9 Å². The largest absolute Gasteiger partial charge is 0.488 e. The van der Waals surface area contributed by atoms with Crippen LogP contribution in [0.2, 0.25) is 0 Å². The minimum atomic E-state index is -0.657. The van der Waals surface area contributed by atoms with Gasteiger partial charge in [-0.2, -0.15) is 0 Å². The summed E-state index contributed by atoms with van der Waals surface area (Å²) in [7, 11) is 0. The van der Waals surface area contributed by atoms with E-state index in [-0.39, 0.29) is 24.3 Å². The number of anilines is 1. The van der Waals surface area contributed by atoms with Gasteiger partial charge in [0.2, 0.25) is 0 Å². The number of halogens is 2. The summed E-state index contributed by atoms with van der Waals surface area (Å²) >= 11 is 5.48. The fourth-order valence-electron chi connectivity index (χ4n) is 1.98. The van der Waals surface area contributed by atoms with Gasteiger partial charge in [0.25, 0.3) is 0 Å². The molecule has 112 valence electrons. The van der Waals surface area contributed by atoms with Gasteiger partial charge >= 0.3 is 0 Å². The number of ether oxygens (including phenoxy) is 2. The van der Waals surface area contributed by atoms with Crippen molar-refractivity contribution < 1.29 is 19.0 Å². The second-order valence-electron chi connectivity index (χ2n) is 4.78. The average Bonchev–Trinajstić information content (AvgIpc) is 2.97. The van der Waals surface area contributed by atoms with Crippen molar-refractivity contribution in [2.75, 3.05) is 31.0 Å². The number of benzene rings is 1. The number of nitrogens with one attached hydrogen (secondary N) is 1. The normalized spacial score (nSPS) is 19.9. The maximum Gasteiger partial charge on any atom is 0.167 e. The van der Waals surface area contributed by atoms with Crippen molar-refractivity contribution >= 4 is 17.3 Å². The average molecular weight is 304 g/mol.